The van der Waals surface area contributed by atoms with Gasteiger partial charge in [0.15, 0.2) is 4.34 Å². The van der Waals surface area contributed by atoms with Gasteiger partial charge in [0.2, 0.25) is 11.0 Å². The van der Waals surface area contributed by atoms with Crippen LogP contribution in [0.4, 0.5) is 10.8 Å². The topological polar surface area (TPSA) is 76.1 Å². The maximum Gasteiger partial charge on any atom is 0.233 e. The summed E-state index contributed by atoms with van der Waals surface area (Å²) in [6.07, 6.45) is 0. The van der Waals surface area contributed by atoms with Crippen molar-refractivity contribution in [2.75, 3.05) is 11.9 Å². The van der Waals surface area contributed by atoms with Crippen molar-refractivity contribution in [3.63, 3.8) is 0 Å². The van der Waals surface area contributed by atoms with E-state index >= 15 is 0 Å². The molecule has 2 N–H and O–H groups in total. The van der Waals surface area contributed by atoms with Crippen LogP contribution in [0.15, 0.2) is 58.9 Å². The molecule has 6 nitrogen and oxygen atoms in total. The number of anilines is 2. The lowest BCUT2D eigenvalue weighted by molar-refractivity contribution is -0.120. The Bertz CT molecular complexity index is 869. The van der Waals surface area contributed by atoms with Crippen LogP contribution in [0.1, 0.15) is 13.8 Å². The first-order chi connectivity index (χ1) is 13.1. The minimum absolute atomic E-state index is 0.00112. The Hall–Kier alpha value is -2.58. The van der Waals surface area contributed by atoms with Crippen LogP contribution in [0, 0.1) is 0 Å². The van der Waals surface area contributed by atoms with E-state index in [0.717, 1.165) is 21.5 Å². The van der Waals surface area contributed by atoms with E-state index in [0.29, 0.717) is 11.7 Å². The molecule has 1 aromatic heterocycles. The monoisotopic (exact) mass is 400 g/mol. The predicted octanol–water partition coefficient (Wildman–Crippen LogP) is 4.69. The van der Waals surface area contributed by atoms with E-state index in [1.807, 2.05) is 68.4 Å². The number of nitrogens with one attached hydrogen (secondary N) is 2. The van der Waals surface area contributed by atoms with Gasteiger partial charge in [-0.25, -0.2) is 0 Å². The summed E-state index contributed by atoms with van der Waals surface area (Å²) in [6.45, 7) is 4.38. The number of para-hydroxylation sites is 1. The normalized spacial score (nSPS) is 11.6. The molecule has 0 saturated carbocycles. The van der Waals surface area contributed by atoms with E-state index in [4.69, 9.17) is 4.74 Å². The molecule has 0 bridgehead atoms. The summed E-state index contributed by atoms with van der Waals surface area (Å²) in [7, 11) is 0. The largest absolute Gasteiger partial charge is 0.457 e. The second-order valence-corrected chi connectivity index (χ2v) is 8.16. The summed E-state index contributed by atoms with van der Waals surface area (Å²) in [6, 6.07) is 17.3. The fraction of sp³-hybridized carbons (Fsp3) is 0.211. The summed E-state index contributed by atoms with van der Waals surface area (Å²) >= 11 is 2.82. The molecule has 1 unspecified atom stereocenters. The van der Waals surface area contributed by atoms with Crippen molar-refractivity contribution >= 4 is 39.8 Å². The SMILES string of the molecule is CCNC(=O)C(C)Sc1nnc(Nc2ccc(Oc3ccccc3)cc2)s1. The van der Waals surface area contributed by atoms with Crippen molar-refractivity contribution in [2.24, 2.45) is 0 Å². The molecule has 0 aliphatic heterocycles. The summed E-state index contributed by atoms with van der Waals surface area (Å²) in [4.78, 5) is 11.8. The number of rotatable bonds is 8. The molecular weight excluding hydrogens is 380 g/mol. The van der Waals surface area contributed by atoms with Gasteiger partial charge < -0.3 is 15.4 Å². The molecule has 0 spiro atoms. The number of carbonyl (C=O) groups excluding carboxylic acids is 1. The summed E-state index contributed by atoms with van der Waals surface area (Å²) in [5, 5.41) is 14.8. The van der Waals surface area contributed by atoms with Crippen LogP contribution in [0.5, 0.6) is 11.5 Å². The molecule has 140 valence electrons. The lowest BCUT2D eigenvalue weighted by Gasteiger charge is -2.08. The van der Waals surface area contributed by atoms with Gasteiger partial charge in [-0.15, -0.1) is 10.2 Å². The Kier molecular flexibility index (Phi) is 6.67. The molecule has 3 aromatic rings. The van der Waals surface area contributed by atoms with E-state index in [2.05, 4.69) is 20.8 Å². The lowest BCUT2D eigenvalue weighted by atomic mass is 10.3. The molecule has 0 saturated heterocycles. The molecule has 2 aromatic carbocycles. The van der Waals surface area contributed by atoms with Crippen LogP contribution in [-0.4, -0.2) is 27.9 Å². The van der Waals surface area contributed by atoms with Gasteiger partial charge >= 0.3 is 0 Å². The van der Waals surface area contributed by atoms with Crippen molar-refractivity contribution in [1.82, 2.24) is 15.5 Å². The lowest BCUT2D eigenvalue weighted by Crippen LogP contribution is -2.30. The number of benzene rings is 2. The maximum atomic E-state index is 11.8. The second kappa shape index (κ2) is 9.38. The third-order valence-electron chi connectivity index (χ3n) is 3.49. The molecular formula is C19H20N4O2S2. The van der Waals surface area contributed by atoms with Gasteiger partial charge in [-0.05, 0) is 50.2 Å². The first-order valence-corrected chi connectivity index (χ1v) is 10.2. The number of hydrogen-bond donors (Lipinski definition) is 2. The van der Waals surface area contributed by atoms with Crippen LogP contribution >= 0.6 is 23.1 Å². The van der Waals surface area contributed by atoms with E-state index in [1.165, 1.54) is 23.1 Å². The number of amides is 1. The third kappa shape index (κ3) is 5.70. The fourth-order valence-corrected chi connectivity index (χ4v) is 4.13. The highest BCUT2D eigenvalue weighted by Gasteiger charge is 2.16. The highest BCUT2D eigenvalue weighted by atomic mass is 32.2. The van der Waals surface area contributed by atoms with Crippen molar-refractivity contribution < 1.29 is 9.53 Å². The quantitative estimate of drug-likeness (QED) is 0.534. The van der Waals surface area contributed by atoms with Crippen LogP contribution in [-0.2, 0) is 4.79 Å². The van der Waals surface area contributed by atoms with Gasteiger partial charge in [0.25, 0.3) is 0 Å². The van der Waals surface area contributed by atoms with Crippen molar-refractivity contribution in [1.29, 1.82) is 0 Å². The first-order valence-electron chi connectivity index (χ1n) is 8.52. The molecule has 0 radical (unpaired) electrons. The van der Waals surface area contributed by atoms with Gasteiger partial charge in [0.05, 0.1) is 5.25 Å². The minimum atomic E-state index is -0.208. The second-order valence-electron chi connectivity index (χ2n) is 5.59. The smallest absolute Gasteiger partial charge is 0.233 e. The summed E-state index contributed by atoms with van der Waals surface area (Å²) in [5.74, 6) is 1.56. The van der Waals surface area contributed by atoms with Crippen LogP contribution in [0.3, 0.4) is 0 Å². The van der Waals surface area contributed by atoms with Crippen molar-refractivity contribution in [3.8, 4) is 11.5 Å². The maximum absolute atomic E-state index is 11.8. The molecule has 0 aliphatic rings. The molecule has 3 rings (SSSR count). The van der Waals surface area contributed by atoms with E-state index < -0.39 is 0 Å². The Labute approximate surface area is 166 Å². The Balaban J connectivity index is 1.56. The minimum Gasteiger partial charge on any atom is -0.457 e. The predicted molar refractivity (Wildman–Crippen MR) is 110 cm³/mol. The Morgan fingerprint density at radius 3 is 2.52 bits per heavy atom. The average molecular weight is 401 g/mol. The Morgan fingerprint density at radius 2 is 1.81 bits per heavy atom. The van der Waals surface area contributed by atoms with Gasteiger partial charge in [-0.1, -0.05) is 41.3 Å². The highest BCUT2D eigenvalue weighted by molar-refractivity contribution is 8.02. The van der Waals surface area contributed by atoms with E-state index in [1.54, 1.807) is 0 Å². The van der Waals surface area contributed by atoms with Gasteiger partial charge in [0.1, 0.15) is 11.5 Å². The van der Waals surface area contributed by atoms with Crippen LogP contribution < -0.4 is 15.4 Å². The fourth-order valence-electron chi connectivity index (χ4n) is 2.19. The number of hydrogen-bond acceptors (Lipinski definition) is 7. The number of nitrogens with zero attached hydrogens (tertiary/aromatic N) is 2. The first kappa shape index (κ1) is 19.2. The molecule has 0 fully saturated rings. The summed E-state index contributed by atoms with van der Waals surface area (Å²) < 4.78 is 6.53. The van der Waals surface area contributed by atoms with Crippen LogP contribution in [0.2, 0.25) is 0 Å². The molecule has 8 heteroatoms. The van der Waals surface area contributed by atoms with Gasteiger partial charge in [-0.3, -0.25) is 4.79 Å². The van der Waals surface area contributed by atoms with Gasteiger partial charge in [0, 0.05) is 12.2 Å². The molecule has 27 heavy (non-hydrogen) atoms. The average Bonchev–Trinajstić information content (AvgIpc) is 3.11. The van der Waals surface area contributed by atoms with Crippen molar-refractivity contribution in [3.05, 3.63) is 54.6 Å². The third-order valence-corrected chi connectivity index (χ3v) is 5.51. The van der Waals surface area contributed by atoms with E-state index in [9.17, 15) is 4.79 Å². The zero-order valence-electron chi connectivity index (χ0n) is 15.0. The Morgan fingerprint density at radius 1 is 1.11 bits per heavy atom. The molecule has 1 heterocycles. The van der Waals surface area contributed by atoms with Crippen molar-refractivity contribution in [2.45, 2.75) is 23.4 Å². The van der Waals surface area contributed by atoms with Gasteiger partial charge in [-0.2, -0.15) is 0 Å². The highest BCUT2D eigenvalue weighted by Crippen LogP contribution is 2.31. The number of aromatic nitrogens is 2. The standard InChI is InChI=1S/C19H20N4O2S2/c1-3-20-17(24)13(2)26-19-23-22-18(27-19)21-14-9-11-16(12-10-14)25-15-7-5-4-6-8-15/h4-13H,3H2,1-2H3,(H,20,24)(H,21,22). The molecule has 1 amide bonds. The van der Waals surface area contributed by atoms with E-state index in [-0.39, 0.29) is 11.2 Å². The molecule has 0 aliphatic carbocycles. The number of carbonyl (C=O) groups is 1. The zero-order valence-corrected chi connectivity index (χ0v) is 16.6. The summed E-state index contributed by atoms with van der Waals surface area (Å²) in [5.41, 5.74) is 0.889. The number of thioether (sulfide) groups is 1. The number of ether oxygens (including phenoxy) is 1. The zero-order chi connectivity index (χ0) is 19.1. The van der Waals surface area contributed by atoms with Crippen LogP contribution in [0.25, 0.3) is 0 Å². The molecule has 1 atom stereocenters.